The smallest absolute Gasteiger partial charge is 0.302 e. The van der Waals surface area contributed by atoms with Crippen LogP contribution in [0.15, 0.2) is 46.6 Å². The highest BCUT2D eigenvalue weighted by Crippen LogP contribution is 2.39. The minimum atomic E-state index is -0.541. The Morgan fingerprint density at radius 1 is 1.21 bits per heavy atom. The number of ether oxygens (including phenoxy) is 1. The number of carbonyl (C=O) groups excluding carboxylic acids is 1. The number of hydrogen-bond donors (Lipinski definition) is 1. The van der Waals surface area contributed by atoms with Crippen molar-refractivity contribution in [2.75, 3.05) is 6.61 Å². The number of halogens is 1. The molecule has 0 saturated carbocycles. The molecule has 0 spiro atoms. The van der Waals surface area contributed by atoms with Crippen molar-refractivity contribution >= 4 is 34.1 Å². The van der Waals surface area contributed by atoms with Crippen LogP contribution in [-0.2, 0) is 11.3 Å². The second-order valence-corrected chi connectivity index (χ2v) is 7.43. The van der Waals surface area contributed by atoms with Crippen LogP contribution in [0.25, 0.3) is 10.9 Å². The van der Waals surface area contributed by atoms with Gasteiger partial charge in [0.15, 0.2) is 12.3 Å². The predicted molar refractivity (Wildman–Crippen MR) is 114 cm³/mol. The second kappa shape index (κ2) is 9.09. The van der Waals surface area contributed by atoms with E-state index in [0.29, 0.717) is 23.0 Å². The molecule has 0 unspecified atom stereocenters. The van der Waals surface area contributed by atoms with Gasteiger partial charge in [-0.3, -0.25) is 4.79 Å². The zero-order valence-electron chi connectivity index (χ0n) is 16.8. The van der Waals surface area contributed by atoms with Gasteiger partial charge in [0.2, 0.25) is 5.88 Å². The van der Waals surface area contributed by atoms with Crippen molar-refractivity contribution in [1.82, 2.24) is 4.57 Å². The van der Waals surface area contributed by atoms with Crippen LogP contribution < -0.4 is 4.74 Å². The van der Waals surface area contributed by atoms with E-state index in [1.165, 1.54) is 0 Å². The third kappa shape index (κ3) is 4.77. The molecule has 1 aromatic heterocycles. The lowest BCUT2D eigenvalue weighted by Crippen LogP contribution is -2.08. The van der Waals surface area contributed by atoms with Gasteiger partial charge in [-0.05, 0) is 56.2 Å². The summed E-state index contributed by atoms with van der Waals surface area (Å²) < 4.78 is 7.32. The largest absolute Gasteiger partial charge is 0.493 e. The lowest BCUT2D eigenvalue weighted by molar-refractivity contribution is -0.120. The number of benzene rings is 2. The van der Waals surface area contributed by atoms with Gasteiger partial charge in [-0.1, -0.05) is 36.6 Å². The molecule has 0 fully saturated rings. The van der Waals surface area contributed by atoms with E-state index in [0.717, 1.165) is 34.9 Å². The van der Waals surface area contributed by atoms with Crippen LogP contribution in [0.4, 0.5) is 5.69 Å². The Hall–Kier alpha value is -2.86. The third-order valence-electron chi connectivity index (χ3n) is 4.65. The fourth-order valence-electron chi connectivity index (χ4n) is 3.13. The van der Waals surface area contributed by atoms with Crippen LogP contribution in [0.5, 0.6) is 11.6 Å². The summed E-state index contributed by atoms with van der Waals surface area (Å²) >= 11 is 5.92. The predicted octanol–water partition coefficient (Wildman–Crippen LogP) is 6.11. The molecular formula is C22H24ClN3O3. The lowest BCUT2D eigenvalue weighted by atomic mass is 10.1. The van der Waals surface area contributed by atoms with E-state index < -0.39 is 5.91 Å². The molecule has 152 valence electrons. The van der Waals surface area contributed by atoms with Crippen LogP contribution in [0, 0.1) is 13.8 Å². The van der Waals surface area contributed by atoms with Crippen LogP contribution in [0.2, 0.25) is 5.02 Å². The number of rotatable bonds is 7. The van der Waals surface area contributed by atoms with Gasteiger partial charge in [0.1, 0.15) is 5.75 Å². The van der Waals surface area contributed by atoms with Gasteiger partial charge in [0, 0.05) is 17.0 Å². The van der Waals surface area contributed by atoms with Crippen LogP contribution in [0.3, 0.4) is 0 Å². The number of aromatic hydroxyl groups is 1. The molecule has 0 radical (unpaired) electrons. The maximum absolute atomic E-state index is 12.2. The summed E-state index contributed by atoms with van der Waals surface area (Å²) in [6.45, 7) is 6.33. The summed E-state index contributed by atoms with van der Waals surface area (Å²) in [6, 6.07) is 11.0. The number of amides is 1. The normalized spacial score (nSPS) is 11.4. The highest BCUT2D eigenvalue weighted by Gasteiger charge is 2.17. The van der Waals surface area contributed by atoms with Crippen molar-refractivity contribution in [2.24, 2.45) is 10.2 Å². The summed E-state index contributed by atoms with van der Waals surface area (Å²) in [6.07, 6.45) is 1.93. The van der Waals surface area contributed by atoms with Gasteiger partial charge in [0.25, 0.3) is 0 Å². The molecule has 29 heavy (non-hydrogen) atoms. The monoisotopic (exact) mass is 413 g/mol. The molecule has 0 atom stereocenters. The number of aryl methyl sites for hydroxylation is 3. The second-order valence-electron chi connectivity index (χ2n) is 6.99. The third-order valence-corrected chi connectivity index (χ3v) is 4.89. The fraction of sp³-hybridized carbons (Fsp3) is 0.318. The molecule has 1 N–H and O–H groups in total. The first-order chi connectivity index (χ1) is 13.9. The van der Waals surface area contributed by atoms with E-state index in [2.05, 4.69) is 17.2 Å². The van der Waals surface area contributed by atoms with E-state index in [-0.39, 0.29) is 12.5 Å². The van der Waals surface area contributed by atoms with E-state index in [4.69, 9.17) is 16.3 Å². The minimum Gasteiger partial charge on any atom is -0.493 e. The molecule has 0 bridgehead atoms. The molecule has 1 amide bonds. The van der Waals surface area contributed by atoms with Gasteiger partial charge < -0.3 is 14.4 Å². The molecule has 2 aromatic carbocycles. The van der Waals surface area contributed by atoms with Crippen molar-refractivity contribution in [3.05, 3.63) is 52.5 Å². The summed E-state index contributed by atoms with van der Waals surface area (Å²) in [4.78, 5) is 12.2. The maximum Gasteiger partial charge on any atom is 0.302 e. The summed E-state index contributed by atoms with van der Waals surface area (Å²) in [5.74, 6) is 0.0403. The Balaban J connectivity index is 1.81. The molecular weight excluding hydrogens is 390 g/mol. The number of aromatic nitrogens is 1. The standard InChI is InChI=1S/C22H24ClN3O3/c1-4-5-10-26-18-8-6-14(2)11-17(18)21(22(26)28)25-24-20(27)13-29-19-9-7-16(23)12-15(19)3/h6-9,11-12,28H,4-5,10,13H2,1-3H3. The summed E-state index contributed by atoms with van der Waals surface area (Å²) in [7, 11) is 0. The Bertz CT molecular complexity index is 1070. The Morgan fingerprint density at radius 3 is 2.72 bits per heavy atom. The van der Waals surface area contributed by atoms with Crippen LogP contribution in [-0.4, -0.2) is 22.2 Å². The molecule has 0 aliphatic carbocycles. The molecule has 3 aromatic rings. The highest BCUT2D eigenvalue weighted by atomic mass is 35.5. The van der Waals surface area contributed by atoms with Gasteiger partial charge in [-0.2, -0.15) is 0 Å². The molecule has 7 heteroatoms. The first-order valence-corrected chi connectivity index (χ1v) is 9.93. The zero-order valence-corrected chi connectivity index (χ0v) is 17.5. The Morgan fingerprint density at radius 2 is 2.00 bits per heavy atom. The Kier molecular flexibility index (Phi) is 6.54. The number of unbranched alkanes of at least 4 members (excludes halogenated alkanes) is 1. The van der Waals surface area contributed by atoms with E-state index in [1.807, 2.05) is 36.6 Å². The fourth-order valence-corrected chi connectivity index (χ4v) is 3.35. The van der Waals surface area contributed by atoms with Crippen molar-refractivity contribution in [1.29, 1.82) is 0 Å². The molecule has 0 aliphatic heterocycles. The van der Waals surface area contributed by atoms with Crippen molar-refractivity contribution in [3.63, 3.8) is 0 Å². The lowest BCUT2D eigenvalue weighted by Gasteiger charge is -2.06. The number of hydrogen-bond acceptors (Lipinski definition) is 4. The SMILES string of the molecule is CCCCn1c(O)c(N=NC(=O)COc2ccc(Cl)cc2C)c2cc(C)ccc21. The first kappa shape index (κ1) is 20.9. The maximum atomic E-state index is 12.2. The van der Waals surface area contributed by atoms with E-state index in [9.17, 15) is 9.90 Å². The minimum absolute atomic E-state index is 0.0186. The average molecular weight is 414 g/mol. The number of nitrogens with zero attached hydrogens (tertiary/aromatic N) is 3. The molecule has 1 heterocycles. The van der Waals surface area contributed by atoms with Gasteiger partial charge >= 0.3 is 5.91 Å². The topological polar surface area (TPSA) is 76.2 Å². The first-order valence-electron chi connectivity index (χ1n) is 9.56. The molecule has 3 rings (SSSR count). The van der Waals surface area contributed by atoms with Gasteiger partial charge in [-0.25, -0.2) is 0 Å². The highest BCUT2D eigenvalue weighted by molar-refractivity contribution is 6.30. The molecule has 6 nitrogen and oxygen atoms in total. The summed E-state index contributed by atoms with van der Waals surface area (Å²) in [5, 5.41) is 19.8. The number of fused-ring (bicyclic) bond motifs is 1. The van der Waals surface area contributed by atoms with Crippen molar-refractivity contribution in [2.45, 2.75) is 40.2 Å². The van der Waals surface area contributed by atoms with Gasteiger partial charge in [0.05, 0.1) is 5.52 Å². The molecule has 0 saturated heterocycles. The van der Waals surface area contributed by atoms with E-state index >= 15 is 0 Å². The van der Waals surface area contributed by atoms with Gasteiger partial charge in [-0.15, -0.1) is 10.2 Å². The summed E-state index contributed by atoms with van der Waals surface area (Å²) in [5.41, 5.74) is 3.04. The van der Waals surface area contributed by atoms with Crippen molar-refractivity contribution in [3.8, 4) is 11.6 Å². The van der Waals surface area contributed by atoms with Crippen molar-refractivity contribution < 1.29 is 14.6 Å². The van der Waals surface area contributed by atoms with Crippen LogP contribution >= 0.6 is 11.6 Å². The quantitative estimate of drug-likeness (QED) is 0.475. The van der Waals surface area contributed by atoms with Crippen LogP contribution in [0.1, 0.15) is 30.9 Å². The Labute approximate surface area is 174 Å². The number of carbonyl (C=O) groups is 1. The number of azo groups is 1. The van der Waals surface area contributed by atoms with E-state index in [1.54, 1.807) is 18.2 Å². The average Bonchev–Trinajstić information content (AvgIpc) is 2.94. The zero-order chi connectivity index (χ0) is 21.0. The molecule has 0 aliphatic rings.